The van der Waals surface area contributed by atoms with Crippen molar-refractivity contribution in [2.45, 2.75) is 6.92 Å². The van der Waals surface area contributed by atoms with E-state index >= 15 is 0 Å². The highest BCUT2D eigenvalue weighted by Gasteiger charge is 2.11. The number of hydrogen-bond donors (Lipinski definition) is 1. The van der Waals surface area contributed by atoms with Gasteiger partial charge >= 0.3 is 0 Å². The first-order valence-electron chi connectivity index (χ1n) is 5.49. The van der Waals surface area contributed by atoms with Gasteiger partial charge in [-0.25, -0.2) is 9.37 Å². The van der Waals surface area contributed by atoms with Crippen LogP contribution in [-0.4, -0.2) is 16.5 Å². The number of nitrogens with one attached hydrogen (secondary N) is 1. The molecule has 0 aliphatic heterocycles. The first-order chi connectivity index (χ1) is 9.10. The van der Waals surface area contributed by atoms with Crippen molar-refractivity contribution in [3.63, 3.8) is 0 Å². The van der Waals surface area contributed by atoms with Crippen LogP contribution in [0.2, 0.25) is 5.02 Å². The van der Waals surface area contributed by atoms with E-state index in [0.29, 0.717) is 17.0 Å². The molecule has 0 spiro atoms. The summed E-state index contributed by atoms with van der Waals surface area (Å²) in [6.45, 7) is 2.57. The van der Waals surface area contributed by atoms with Gasteiger partial charge < -0.3 is 10.1 Å². The molecular formula is C12H10BrClFN3O. The average Bonchev–Trinajstić information content (AvgIpc) is 2.37. The van der Waals surface area contributed by atoms with Crippen molar-refractivity contribution in [1.82, 2.24) is 9.97 Å². The molecule has 0 unspecified atom stereocenters. The molecule has 7 heteroatoms. The maximum Gasteiger partial charge on any atom is 0.243 e. The Balaban J connectivity index is 2.29. The largest absolute Gasteiger partial charge is 0.434 e. The Morgan fingerprint density at radius 1 is 1.47 bits per heavy atom. The van der Waals surface area contributed by atoms with Crippen LogP contribution in [0.15, 0.2) is 28.9 Å². The zero-order valence-corrected chi connectivity index (χ0v) is 12.3. The van der Waals surface area contributed by atoms with Crippen LogP contribution in [0.1, 0.15) is 6.92 Å². The lowest BCUT2D eigenvalue weighted by molar-refractivity contribution is 0.427. The van der Waals surface area contributed by atoms with Gasteiger partial charge in [-0.2, -0.15) is 4.98 Å². The molecule has 0 aliphatic carbocycles. The lowest BCUT2D eigenvalue weighted by Gasteiger charge is -2.09. The number of nitrogens with zero attached hydrogens (tertiary/aromatic N) is 2. The standard InChI is InChI=1S/C12H10BrClFN3O/c1-2-16-12-17-6-8(14)11(18-12)19-10-4-3-7(13)5-9(10)15/h3-6H,2H2,1H3,(H,16,17,18). The molecule has 1 heterocycles. The van der Waals surface area contributed by atoms with Crippen LogP contribution in [0.25, 0.3) is 0 Å². The van der Waals surface area contributed by atoms with Gasteiger partial charge in [0.1, 0.15) is 5.02 Å². The number of halogens is 3. The van der Waals surface area contributed by atoms with Gasteiger partial charge in [-0.05, 0) is 25.1 Å². The van der Waals surface area contributed by atoms with Crippen molar-refractivity contribution in [3.8, 4) is 11.6 Å². The van der Waals surface area contributed by atoms with E-state index in [4.69, 9.17) is 16.3 Å². The van der Waals surface area contributed by atoms with E-state index < -0.39 is 5.82 Å². The van der Waals surface area contributed by atoms with Gasteiger partial charge in [0.2, 0.25) is 11.8 Å². The average molecular weight is 347 g/mol. The fourth-order valence-electron chi connectivity index (χ4n) is 1.33. The quantitative estimate of drug-likeness (QED) is 0.899. The lowest BCUT2D eigenvalue weighted by Crippen LogP contribution is -2.03. The Morgan fingerprint density at radius 2 is 2.26 bits per heavy atom. The molecule has 0 fully saturated rings. The third-order valence-corrected chi connectivity index (χ3v) is 2.90. The normalized spacial score (nSPS) is 10.3. The predicted molar refractivity (Wildman–Crippen MR) is 75.4 cm³/mol. The second kappa shape index (κ2) is 6.16. The van der Waals surface area contributed by atoms with Crippen molar-refractivity contribution in [1.29, 1.82) is 0 Å². The molecule has 1 aromatic heterocycles. The molecule has 2 aromatic rings. The Bertz CT molecular complexity index is 597. The summed E-state index contributed by atoms with van der Waals surface area (Å²) in [5.41, 5.74) is 0. The van der Waals surface area contributed by atoms with Crippen molar-refractivity contribution in [2.24, 2.45) is 0 Å². The minimum Gasteiger partial charge on any atom is -0.434 e. The van der Waals surface area contributed by atoms with Gasteiger partial charge in [0.15, 0.2) is 11.6 Å². The molecule has 0 bridgehead atoms. The SMILES string of the molecule is CCNc1ncc(Cl)c(Oc2ccc(Br)cc2F)n1. The molecule has 0 aliphatic rings. The van der Waals surface area contributed by atoms with Crippen molar-refractivity contribution >= 4 is 33.5 Å². The molecule has 0 amide bonds. The van der Waals surface area contributed by atoms with Gasteiger partial charge in [-0.3, -0.25) is 0 Å². The van der Waals surface area contributed by atoms with E-state index in [1.807, 2.05) is 6.92 Å². The molecule has 1 N–H and O–H groups in total. The van der Waals surface area contributed by atoms with Gasteiger partial charge in [-0.15, -0.1) is 0 Å². The van der Waals surface area contributed by atoms with Crippen molar-refractivity contribution in [2.75, 3.05) is 11.9 Å². The summed E-state index contributed by atoms with van der Waals surface area (Å²) in [4.78, 5) is 8.04. The molecule has 4 nitrogen and oxygen atoms in total. The highest BCUT2D eigenvalue weighted by atomic mass is 79.9. The highest BCUT2D eigenvalue weighted by Crippen LogP contribution is 2.30. The summed E-state index contributed by atoms with van der Waals surface area (Å²) in [6.07, 6.45) is 1.40. The van der Waals surface area contributed by atoms with E-state index in [0.717, 1.165) is 0 Å². The van der Waals surface area contributed by atoms with Gasteiger partial charge in [0, 0.05) is 11.0 Å². The van der Waals surface area contributed by atoms with E-state index in [9.17, 15) is 4.39 Å². The Morgan fingerprint density at radius 3 is 2.95 bits per heavy atom. The number of benzene rings is 1. The monoisotopic (exact) mass is 345 g/mol. The van der Waals surface area contributed by atoms with E-state index in [2.05, 4.69) is 31.2 Å². The molecule has 1 aromatic carbocycles. The number of aromatic nitrogens is 2. The summed E-state index contributed by atoms with van der Waals surface area (Å²) in [5, 5.41) is 3.13. The van der Waals surface area contributed by atoms with Crippen molar-refractivity contribution in [3.05, 3.63) is 39.7 Å². The highest BCUT2D eigenvalue weighted by molar-refractivity contribution is 9.10. The van der Waals surface area contributed by atoms with Gasteiger partial charge in [-0.1, -0.05) is 27.5 Å². The third-order valence-electron chi connectivity index (χ3n) is 2.15. The zero-order valence-electron chi connectivity index (χ0n) is 9.95. The molecule has 0 saturated heterocycles. The summed E-state index contributed by atoms with van der Waals surface area (Å²) in [5.74, 6) is 0.0218. The van der Waals surface area contributed by atoms with Crippen LogP contribution in [0.5, 0.6) is 11.6 Å². The minimum absolute atomic E-state index is 0.0475. The van der Waals surface area contributed by atoms with Gasteiger partial charge in [0.05, 0.1) is 6.20 Å². The second-order valence-electron chi connectivity index (χ2n) is 3.55. The minimum atomic E-state index is -0.506. The number of hydrogen-bond acceptors (Lipinski definition) is 4. The van der Waals surface area contributed by atoms with Gasteiger partial charge in [0.25, 0.3) is 0 Å². The van der Waals surface area contributed by atoms with E-state index in [1.54, 1.807) is 6.07 Å². The molecule has 2 rings (SSSR count). The summed E-state index contributed by atoms with van der Waals surface area (Å²) in [6, 6.07) is 4.46. The first kappa shape index (κ1) is 14.0. The van der Waals surface area contributed by atoms with E-state index in [1.165, 1.54) is 18.3 Å². The molecule has 0 atom stereocenters. The number of anilines is 1. The fourth-order valence-corrected chi connectivity index (χ4v) is 1.79. The number of ether oxygens (including phenoxy) is 1. The third kappa shape index (κ3) is 3.54. The Kier molecular flexibility index (Phi) is 4.55. The number of rotatable bonds is 4. The van der Waals surface area contributed by atoms with Crippen LogP contribution in [-0.2, 0) is 0 Å². The van der Waals surface area contributed by atoms with Crippen LogP contribution >= 0.6 is 27.5 Å². The predicted octanol–water partition coefficient (Wildman–Crippen LogP) is 4.26. The van der Waals surface area contributed by atoms with Crippen molar-refractivity contribution < 1.29 is 9.13 Å². The summed E-state index contributed by atoms with van der Waals surface area (Å²) >= 11 is 9.09. The van der Waals surface area contributed by atoms with Crippen LogP contribution < -0.4 is 10.1 Å². The molecule has 19 heavy (non-hydrogen) atoms. The molecular weight excluding hydrogens is 337 g/mol. The summed E-state index contributed by atoms with van der Waals surface area (Å²) in [7, 11) is 0. The smallest absolute Gasteiger partial charge is 0.243 e. The molecule has 0 saturated carbocycles. The first-order valence-corrected chi connectivity index (χ1v) is 6.66. The second-order valence-corrected chi connectivity index (χ2v) is 4.88. The van der Waals surface area contributed by atoms with Crippen LogP contribution in [0, 0.1) is 5.82 Å². The van der Waals surface area contributed by atoms with E-state index in [-0.39, 0.29) is 16.7 Å². The zero-order chi connectivity index (χ0) is 13.8. The maximum atomic E-state index is 13.7. The maximum absolute atomic E-state index is 13.7. The molecule has 0 radical (unpaired) electrons. The lowest BCUT2D eigenvalue weighted by atomic mass is 10.3. The fraction of sp³-hybridized carbons (Fsp3) is 0.167. The molecule has 100 valence electrons. The topological polar surface area (TPSA) is 47.0 Å². The van der Waals surface area contributed by atoms with Crippen LogP contribution in [0.3, 0.4) is 0 Å². The Labute approximate surface area is 123 Å². The summed E-state index contributed by atoms with van der Waals surface area (Å²) < 4.78 is 19.6. The van der Waals surface area contributed by atoms with Crippen LogP contribution in [0.4, 0.5) is 10.3 Å². The Hall–Kier alpha value is -1.40.